The molecule has 1 aliphatic rings. The first-order valence-electron chi connectivity index (χ1n) is 8.04. The van der Waals surface area contributed by atoms with Crippen molar-refractivity contribution in [3.63, 3.8) is 0 Å². The molecular formula is C17H22N4O2. The highest BCUT2D eigenvalue weighted by Crippen LogP contribution is 2.25. The summed E-state index contributed by atoms with van der Waals surface area (Å²) in [7, 11) is 1.80. The third kappa shape index (κ3) is 3.59. The molecule has 1 saturated carbocycles. The third-order valence-electron chi connectivity index (χ3n) is 4.56. The summed E-state index contributed by atoms with van der Waals surface area (Å²) in [6.45, 7) is 0.604. The second-order valence-electron chi connectivity index (χ2n) is 6.21. The molecule has 23 heavy (non-hydrogen) atoms. The predicted molar refractivity (Wildman–Crippen MR) is 86.3 cm³/mol. The van der Waals surface area contributed by atoms with Crippen molar-refractivity contribution in [1.29, 1.82) is 0 Å². The highest BCUT2D eigenvalue weighted by molar-refractivity contribution is 5.94. The lowest BCUT2D eigenvalue weighted by Crippen LogP contribution is -2.38. The zero-order valence-electron chi connectivity index (χ0n) is 13.3. The molecule has 0 aliphatic heterocycles. The van der Waals surface area contributed by atoms with E-state index in [1.807, 2.05) is 24.3 Å². The van der Waals surface area contributed by atoms with E-state index in [4.69, 9.17) is 0 Å². The maximum absolute atomic E-state index is 12.5. The Labute approximate surface area is 135 Å². The van der Waals surface area contributed by atoms with Crippen LogP contribution in [-0.4, -0.2) is 50.4 Å². The molecule has 2 atom stereocenters. The molecule has 1 heterocycles. The molecular weight excluding hydrogens is 292 g/mol. The van der Waals surface area contributed by atoms with E-state index in [2.05, 4.69) is 10.2 Å². The maximum atomic E-state index is 12.5. The second-order valence-corrected chi connectivity index (χ2v) is 6.21. The summed E-state index contributed by atoms with van der Waals surface area (Å²) in [5.74, 6) is 0.173. The first-order chi connectivity index (χ1) is 11.1. The largest absolute Gasteiger partial charge is 0.393 e. The lowest BCUT2D eigenvalue weighted by molar-refractivity contribution is 0.0451. The van der Waals surface area contributed by atoms with Gasteiger partial charge in [0.15, 0.2) is 0 Å². The van der Waals surface area contributed by atoms with Gasteiger partial charge in [0, 0.05) is 30.8 Å². The molecule has 0 radical (unpaired) electrons. The summed E-state index contributed by atoms with van der Waals surface area (Å²) in [6.07, 6.45) is 7.01. The summed E-state index contributed by atoms with van der Waals surface area (Å²) in [4.78, 5) is 14.3. The predicted octanol–water partition coefficient (Wildman–Crippen LogP) is 1.89. The standard InChI is InChI=1S/C17H22N4O2/c1-20(10-14-4-2-3-5-16(14)22)17(23)13-6-8-15(9-7-13)21-11-18-19-12-21/h6-9,11-12,14,16,22H,2-5,10H2,1H3. The fourth-order valence-electron chi connectivity index (χ4n) is 3.17. The molecule has 1 amide bonds. The fraction of sp³-hybridized carbons (Fsp3) is 0.471. The molecule has 2 unspecified atom stereocenters. The molecule has 0 saturated heterocycles. The molecule has 0 bridgehead atoms. The molecule has 6 heteroatoms. The maximum Gasteiger partial charge on any atom is 0.253 e. The summed E-state index contributed by atoms with van der Waals surface area (Å²) < 4.78 is 1.79. The Hall–Kier alpha value is -2.21. The highest BCUT2D eigenvalue weighted by atomic mass is 16.3. The van der Waals surface area contributed by atoms with Crippen LogP contribution in [0.15, 0.2) is 36.9 Å². The number of hydrogen-bond acceptors (Lipinski definition) is 4. The molecule has 1 aromatic carbocycles. The van der Waals surface area contributed by atoms with Gasteiger partial charge in [0.2, 0.25) is 0 Å². The molecule has 1 aromatic heterocycles. The number of hydrogen-bond donors (Lipinski definition) is 1. The minimum absolute atomic E-state index is 0.0157. The van der Waals surface area contributed by atoms with Crippen molar-refractivity contribution >= 4 is 5.91 Å². The summed E-state index contributed by atoms with van der Waals surface area (Å²) in [6, 6.07) is 7.37. The fourth-order valence-corrected chi connectivity index (χ4v) is 3.17. The number of carbonyl (C=O) groups is 1. The van der Waals surface area contributed by atoms with Crippen molar-refractivity contribution in [3.05, 3.63) is 42.5 Å². The molecule has 1 N–H and O–H groups in total. The number of aliphatic hydroxyl groups is 1. The number of benzene rings is 1. The van der Waals surface area contributed by atoms with Gasteiger partial charge >= 0.3 is 0 Å². The van der Waals surface area contributed by atoms with Gasteiger partial charge in [0.25, 0.3) is 5.91 Å². The van der Waals surface area contributed by atoms with Crippen molar-refractivity contribution in [2.45, 2.75) is 31.8 Å². The Morgan fingerprint density at radius 1 is 1.22 bits per heavy atom. The van der Waals surface area contributed by atoms with E-state index in [-0.39, 0.29) is 17.9 Å². The average molecular weight is 314 g/mol. The van der Waals surface area contributed by atoms with Crippen LogP contribution in [-0.2, 0) is 0 Å². The van der Waals surface area contributed by atoms with Gasteiger partial charge in [-0.3, -0.25) is 9.36 Å². The molecule has 6 nitrogen and oxygen atoms in total. The van der Waals surface area contributed by atoms with Crippen LogP contribution in [0.1, 0.15) is 36.0 Å². The van der Waals surface area contributed by atoms with Crippen LogP contribution < -0.4 is 0 Å². The topological polar surface area (TPSA) is 71.2 Å². The van der Waals surface area contributed by atoms with E-state index >= 15 is 0 Å². The quantitative estimate of drug-likeness (QED) is 0.935. The first kappa shape index (κ1) is 15.7. The SMILES string of the molecule is CN(CC1CCCCC1O)C(=O)c1ccc(-n2cnnc2)cc1. The third-order valence-corrected chi connectivity index (χ3v) is 4.56. The van der Waals surface area contributed by atoms with E-state index in [1.54, 1.807) is 29.2 Å². The molecule has 1 aliphatic carbocycles. The summed E-state index contributed by atoms with van der Waals surface area (Å²) in [5.41, 5.74) is 1.56. The van der Waals surface area contributed by atoms with E-state index in [0.29, 0.717) is 12.1 Å². The molecule has 3 rings (SSSR count). The zero-order chi connectivity index (χ0) is 16.2. The molecule has 2 aromatic rings. The van der Waals surface area contributed by atoms with Crippen molar-refractivity contribution in [3.8, 4) is 5.69 Å². The molecule has 0 spiro atoms. The minimum atomic E-state index is -0.282. The summed E-state index contributed by atoms with van der Waals surface area (Å²) >= 11 is 0. The van der Waals surface area contributed by atoms with Gasteiger partial charge in [-0.1, -0.05) is 12.8 Å². The van der Waals surface area contributed by atoms with Crippen molar-refractivity contribution in [1.82, 2.24) is 19.7 Å². The Morgan fingerprint density at radius 3 is 2.52 bits per heavy atom. The van der Waals surface area contributed by atoms with Crippen LogP contribution in [0, 0.1) is 5.92 Å². The Kier molecular flexibility index (Phi) is 4.71. The Balaban J connectivity index is 1.65. The van der Waals surface area contributed by atoms with Gasteiger partial charge < -0.3 is 10.0 Å². The van der Waals surface area contributed by atoms with Crippen LogP contribution in [0.3, 0.4) is 0 Å². The van der Waals surface area contributed by atoms with Crippen LogP contribution in [0.4, 0.5) is 0 Å². The highest BCUT2D eigenvalue weighted by Gasteiger charge is 2.25. The number of aromatic nitrogens is 3. The smallest absolute Gasteiger partial charge is 0.253 e. The number of aliphatic hydroxyl groups excluding tert-OH is 1. The van der Waals surface area contributed by atoms with Gasteiger partial charge in [0.05, 0.1) is 6.10 Å². The van der Waals surface area contributed by atoms with Gasteiger partial charge in [-0.15, -0.1) is 10.2 Å². The van der Waals surface area contributed by atoms with Crippen molar-refractivity contribution < 1.29 is 9.90 Å². The number of rotatable bonds is 4. The van der Waals surface area contributed by atoms with Gasteiger partial charge in [-0.2, -0.15) is 0 Å². The van der Waals surface area contributed by atoms with E-state index in [9.17, 15) is 9.90 Å². The Morgan fingerprint density at radius 2 is 1.87 bits per heavy atom. The number of carbonyl (C=O) groups excluding carboxylic acids is 1. The molecule has 122 valence electrons. The van der Waals surface area contributed by atoms with Gasteiger partial charge in [-0.05, 0) is 37.1 Å². The van der Waals surface area contributed by atoms with Crippen molar-refractivity contribution in [2.75, 3.05) is 13.6 Å². The average Bonchev–Trinajstić information content (AvgIpc) is 3.11. The van der Waals surface area contributed by atoms with Crippen LogP contribution in [0.25, 0.3) is 5.69 Å². The minimum Gasteiger partial charge on any atom is -0.393 e. The van der Waals surface area contributed by atoms with Crippen molar-refractivity contribution in [2.24, 2.45) is 5.92 Å². The Bertz CT molecular complexity index is 639. The molecule has 1 fully saturated rings. The van der Waals surface area contributed by atoms with Gasteiger partial charge in [0.1, 0.15) is 12.7 Å². The monoisotopic (exact) mass is 314 g/mol. The normalized spacial score (nSPS) is 21.1. The zero-order valence-corrected chi connectivity index (χ0v) is 13.3. The van der Waals surface area contributed by atoms with Crippen LogP contribution in [0.2, 0.25) is 0 Å². The van der Waals surface area contributed by atoms with E-state index < -0.39 is 0 Å². The van der Waals surface area contributed by atoms with Crippen LogP contribution in [0.5, 0.6) is 0 Å². The van der Waals surface area contributed by atoms with E-state index in [0.717, 1.165) is 31.4 Å². The van der Waals surface area contributed by atoms with Crippen LogP contribution >= 0.6 is 0 Å². The lowest BCUT2D eigenvalue weighted by atomic mass is 9.86. The summed E-state index contributed by atoms with van der Waals surface area (Å²) in [5, 5.41) is 17.6. The van der Waals surface area contributed by atoms with E-state index in [1.165, 1.54) is 0 Å². The number of nitrogens with zero attached hydrogens (tertiary/aromatic N) is 4. The second kappa shape index (κ2) is 6.91. The van der Waals surface area contributed by atoms with Gasteiger partial charge in [-0.25, -0.2) is 0 Å². The first-order valence-corrected chi connectivity index (χ1v) is 8.04. The number of amides is 1. The lowest BCUT2D eigenvalue weighted by Gasteiger charge is -2.31.